The van der Waals surface area contributed by atoms with Gasteiger partial charge in [-0.05, 0) is 23.8 Å². The van der Waals surface area contributed by atoms with Crippen molar-refractivity contribution in [2.75, 3.05) is 47.0 Å². The van der Waals surface area contributed by atoms with E-state index in [0.29, 0.717) is 24.6 Å². The van der Waals surface area contributed by atoms with Crippen LogP contribution >= 0.6 is 0 Å². The lowest BCUT2D eigenvalue weighted by atomic mass is 10.2. The lowest BCUT2D eigenvalue weighted by Crippen LogP contribution is -2.49. The van der Waals surface area contributed by atoms with Gasteiger partial charge in [0.25, 0.3) is 5.91 Å². The summed E-state index contributed by atoms with van der Waals surface area (Å²) in [5, 5.41) is 0. The van der Waals surface area contributed by atoms with Gasteiger partial charge in [-0.2, -0.15) is 0 Å². The molecule has 29 heavy (non-hydrogen) atoms. The van der Waals surface area contributed by atoms with Crippen LogP contribution in [0.2, 0.25) is 0 Å². The standard InChI is InChI=1S/C22H26N2O5/c1-27-18-8-9-20(28-2)19(14-18)22(26)29-16-21(25)24-12-10-23(11-13-24)15-17-6-4-3-5-7-17/h3-9,14H,10-13,15-16H2,1-2H3. The predicted molar refractivity (Wildman–Crippen MR) is 108 cm³/mol. The van der Waals surface area contributed by atoms with Crippen LogP contribution in [0.4, 0.5) is 0 Å². The summed E-state index contributed by atoms with van der Waals surface area (Å²) in [6.07, 6.45) is 0. The number of carbonyl (C=O) groups excluding carboxylic acids is 2. The zero-order chi connectivity index (χ0) is 20.6. The molecule has 0 saturated carbocycles. The summed E-state index contributed by atoms with van der Waals surface area (Å²) in [5.74, 6) is 0.0766. The molecule has 0 aliphatic carbocycles. The lowest BCUT2D eigenvalue weighted by Gasteiger charge is -2.34. The number of nitrogens with zero attached hydrogens (tertiary/aromatic N) is 2. The van der Waals surface area contributed by atoms with Gasteiger partial charge in [0, 0.05) is 32.7 Å². The molecule has 1 fully saturated rings. The molecule has 154 valence electrons. The second-order valence-electron chi connectivity index (χ2n) is 6.78. The number of ether oxygens (including phenoxy) is 3. The Balaban J connectivity index is 1.48. The zero-order valence-corrected chi connectivity index (χ0v) is 16.8. The van der Waals surface area contributed by atoms with E-state index >= 15 is 0 Å². The third-order valence-corrected chi connectivity index (χ3v) is 4.93. The molecule has 1 heterocycles. The van der Waals surface area contributed by atoms with Crippen LogP contribution < -0.4 is 9.47 Å². The minimum atomic E-state index is -0.614. The largest absolute Gasteiger partial charge is 0.497 e. The van der Waals surface area contributed by atoms with Gasteiger partial charge in [-0.1, -0.05) is 30.3 Å². The van der Waals surface area contributed by atoms with Crippen molar-refractivity contribution >= 4 is 11.9 Å². The van der Waals surface area contributed by atoms with E-state index in [9.17, 15) is 9.59 Å². The van der Waals surface area contributed by atoms with Crippen LogP contribution in [0, 0.1) is 0 Å². The van der Waals surface area contributed by atoms with E-state index in [-0.39, 0.29) is 18.1 Å². The molecule has 0 unspecified atom stereocenters. The van der Waals surface area contributed by atoms with Gasteiger partial charge in [0.15, 0.2) is 6.61 Å². The minimum absolute atomic E-state index is 0.195. The van der Waals surface area contributed by atoms with Crippen molar-refractivity contribution in [1.82, 2.24) is 9.80 Å². The fourth-order valence-electron chi connectivity index (χ4n) is 3.27. The molecule has 3 rings (SSSR count). The van der Waals surface area contributed by atoms with E-state index in [1.165, 1.54) is 25.8 Å². The van der Waals surface area contributed by atoms with Gasteiger partial charge in [0.05, 0.1) is 14.2 Å². The molecule has 2 aromatic rings. The molecule has 1 aliphatic rings. The van der Waals surface area contributed by atoms with Crippen LogP contribution in [0.5, 0.6) is 11.5 Å². The highest BCUT2D eigenvalue weighted by Gasteiger charge is 2.23. The van der Waals surface area contributed by atoms with Crippen molar-refractivity contribution in [1.29, 1.82) is 0 Å². The zero-order valence-electron chi connectivity index (χ0n) is 16.8. The third kappa shape index (κ3) is 5.48. The minimum Gasteiger partial charge on any atom is -0.497 e. The first-order valence-corrected chi connectivity index (χ1v) is 9.54. The highest BCUT2D eigenvalue weighted by Crippen LogP contribution is 2.24. The quantitative estimate of drug-likeness (QED) is 0.666. The summed E-state index contributed by atoms with van der Waals surface area (Å²) in [4.78, 5) is 28.9. The van der Waals surface area contributed by atoms with Crippen molar-refractivity contribution in [3.63, 3.8) is 0 Å². The number of carbonyl (C=O) groups is 2. The Morgan fingerprint density at radius 3 is 2.31 bits per heavy atom. The average molecular weight is 398 g/mol. The number of hydrogen-bond acceptors (Lipinski definition) is 6. The van der Waals surface area contributed by atoms with Gasteiger partial charge >= 0.3 is 5.97 Å². The van der Waals surface area contributed by atoms with Crippen molar-refractivity contribution in [3.05, 3.63) is 59.7 Å². The number of hydrogen-bond donors (Lipinski definition) is 0. The number of amides is 1. The van der Waals surface area contributed by atoms with Crippen molar-refractivity contribution < 1.29 is 23.8 Å². The Bertz CT molecular complexity index is 832. The summed E-state index contributed by atoms with van der Waals surface area (Å²) in [5.41, 5.74) is 1.49. The Morgan fingerprint density at radius 2 is 1.66 bits per heavy atom. The molecule has 2 aromatic carbocycles. The molecule has 7 heteroatoms. The maximum absolute atomic E-state index is 12.5. The smallest absolute Gasteiger partial charge is 0.342 e. The summed E-state index contributed by atoms with van der Waals surface area (Å²) in [7, 11) is 2.98. The maximum Gasteiger partial charge on any atom is 0.342 e. The summed E-state index contributed by atoms with van der Waals surface area (Å²) in [6, 6.07) is 15.1. The van der Waals surface area contributed by atoms with Crippen LogP contribution in [0.3, 0.4) is 0 Å². The molecule has 0 radical (unpaired) electrons. The fraction of sp³-hybridized carbons (Fsp3) is 0.364. The van der Waals surface area contributed by atoms with Crippen LogP contribution in [0.15, 0.2) is 48.5 Å². The molecule has 7 nitrogen and oxygen atoms in total. The molecule has 0 N–H and O–H groups in total. The molecule has 1 amide bonds. The number of esters is 1. The molecule has 0 spiro atoms. The van der Waals surface area contributed by atoms with E-state index in [2.05, 4.69) is 17.0 Å². The van der Waals surface area contributed by atoms with Crippen LogP contribution in [-0.4, -0.2) is 68.7 Å². The average Bonchev–Trinajstić information content (AvgIpc) is 2.78. The first-order valence-electron chi connectivity index (χ1n) is 9.54. The van der Waals surface area contributed by atoms with Gasteiger partial charge in [-0.25, -0.2) is 4.79 Å². The lowest BCUT2D eigenvalue weighted by molar-refractivity contribution is -0.136. The summed E-state index contributed by atoms with van der Waals surface area (Å²) >= 11 is 0. The van der Waals surface area contributed by atoms with E-state index in [4.69, 9.17) is 14.2 Å². The topological polar surface area (TPSA) is 68.3 Å². The number of piperazine rings is 1. The fourth-order valence-corrected chi connectivity index (χ4v) is 3.27. The second kappa shape index (κ2) is 9.93. The molecule has 0 bridgehead atoms. The Morgan fingerprint density at radius 1 is 0.931 bits per heavy atom. The molecule has 0 atom stereocenters. The van der Waals surface area contributed by atoms with Gasteiger partial charge in [-0.15, -0.1) is 0 Å². The van der Waals surface area contributed by atoms with Crippen molar-refractivity contribution in [3.8, 4) is 11.5 Å². The molecule has 1 saturated heterocycles. The predicted octanol–water partition coefficient (Wildman–Crippen LogP) is 2.20. The number of rotatable bonds is 7. The number of benzene rings is 2. The SMILES string of the molecule is COc1ccc(OC)c(C(=O)OCC(=O)N2CCN(Cc3ccccc3)CC2)c1. The van der Waals surface area contributed by atoms with E-state index in [1.807, 2.05) is 18.2 Å². The summed E-state index contributed by atoms with van der Waals surface area (Å²) in [6.45, 7) is 3.39. The number of methoxy groups -OCH3 is 2. The first-order chi connectivity index (χ1) is 14.1. The van der Waals surface area contributed by atoms with Crippen LogP contribution in [0.1, 0.15) is 15.9 Å². The highest BCUT2D eigenvalue weighted by molar-refractivity contribution is 5.94. The van der Waals surface area contributed by atoms with Gasteiger partial charge in [-0.3, -0.25) is 9.69 Å². The Hall–Kier alpha value is -3.06. The van der Waals surface area contributed by atoms with E-state index in [1.54, 1.807) is 17.0 Å². The second-order valence-corrected chi connectivity index (χ2v) is 6.78. The first kappa shape index (κ1) is 20.7. The van der Waals surface area contributed by atoms with Gasteiger partial charge in [0.2, 0.25) is 0 Å². The van der Waals surface area contributed by atoms with Crippen molar-refractivity contribution in [2.24, 2.45) is 0 Å². The third-order valence-electron chi connectivity index (χ3n) is 4.93. The van der Waals surface area contributed by atoms with Crippen molar-refractivity contribution in [2.45, 2.75) is 6.54 Å². The Labute approximate surface area is 170 Å². The maximum atomic E-state index is 12.5. The van der Waals surface area contributed by atoms with Gasteiger partial charge < -0.3 is 19.1 Å². The summed E-state index contributed by atoms with van der Waals surface area (Å²) < 4.78 is 15.6. The van der Waals surface area contributed by atoms with Gasteiger partial charge in [0.1, 0.15) is 17.1 Å². The molecule has 0 aromatic heterocycles. The Kier molecular flexibility index (Phi) is 7.08. The highest BCUT2D eigenvalue weighted by atomic mass is 16.5. The van der Waals surface area contributed by atoms with E-state index < -0.39 is 5.97 Å². The molecule has 1 aliphatic heterocycles. The van der Waals surface area contributed by atoms with Crippen LogP contribution in [-0.2, 0) is 16.1 Å². The monoisotopic (exact) mass is 398 g/mol. The molecular weight excluding hydrogens is 372 g/mol. The molecular formula is C22H26N2O5. The normalized spacial score (nSPS) is 14.3. The van der Waals surface area contributed by atoms with E-state index in [0.717, 1.165) is 19.6 Å². The van der Waals surface area contributed by atoms with Crippen LogP contribution in [0.25, 0.3) is 0 Å².